The highest BCUT2D eigenvalue weighted by Crippen LogP contribution is 2.31. The number of carbonyl (C=O) groups is 1. The molecule has 0 amide bonds. The Morgan fingerprint density at radius 2 is 1.94 bits per heavy atom. The number of rotatable bonds is 3. The van der Waals surface area contributed by atoms with Crippen LogP contribution in [0.4, 0.5) is 17.6 Å². The summed E-state index contributed by atoms with van der Waals surface area (Å²) in [6, 6.07) is 2.18. The van der Waals surface area contributed by atoms with Gasteiger partial charge in [-0.3, -0.25) is 4.79 Å². The van der Waals surface area contributed by atoms with Crippen molar-refractivity contribution in [2.75, 3.05) is 5.33 Å². The molecule has 16 heavy (non-hydrogen) atoms. The fourth-order valence-corrected chi connectivity index (χ4v) is 1.51. The third kappa shape index (κ3) is 3.04. The summed E-state index contributed by atoms with van der Waals surface area (Å²) in [4.78, 5) is 11.3. The molecule has 0 aliphatic carbocycles. The number of hydrogen-bond acceptors (Lipinski definition) is 1. The molecule has 1 aromatic rings. The van der Waals surface area contributed by atoms with Gasteiger partial charge in [0.1, 0.15) is 5.82 Å². The first kappa shape index (κ1) is 13.2. The number of hydrogen-bond donors (Lipinski definition) is 0. The van der Waals surface area contributed by atoms with Gasteiger partial charge in [-0.25, -0.2) is 4.39 Å². The lowest BCUT2D eigenvalue weighted by atomic mass is 10.1. The molecule has 0 aliphatic heterocycles. The van der Waals surface area contributed by atoms with Gasteiger partial charge in [-0.15, -0.1) is 0 Å². The number of benzene rings is 1. The second-order valence-electron chi connectivity index (χ2n) is 3.05. The van der Waals surface area contributed by atoms with Crippen LogP contribution in [0.1, 0.15) is 22.3 Å². The standard InChI is InChI=1S/C10H7BrF4O/c11-4-3-9(16)6-1-2-7(8(12)5-6)10(13,14)15/h1-2,5H,3-4H2. The summed E-state index contributed by atoms with van der Waals surface area (Å²) in [6.45, 7) is 0. The van der Waals surface area contributed by atoms with Crippen LogP contribution >= 0.6 is 15.9 Å². The zero-order valence-corrected chi connectivity index (χ0v) is 9.53. The van der Waals surface area contributed by atoms with Crippen molar-refractivity contribution in [1.29, 1.82) is 0 Å². The van der Waals surface area contributed by atoms with Gasteiger partial charge < -0.3 is 0 Å². The maximum atomic E-state index is 13.1. The van der Waals surface area contributed by atoms with E-state index in [1.807, 2.05) is 0 Å². The molecule has 1 rings (SSSR count). The van der Waals surface area contributed by atoms with Crippen LogP contribution in [0.3, 0.4) is 0 Å². The van der Waals surface area contributed by atoms with Crippen molar-refractivity contribution in [2.24, 2.45) is 0 Å². The van der Waals surface area contributed by atoms with Gasteiger partial charge in [0.25, 0.3) is 0 Å². The quantitative estimate of drug-likeness (QED) is 0.471. The Kier molecular flexibility index (Phi) is 4.07. The van der Waals surface area contributed by atoms with Gasteiger partial charge >= 0.3 is 6.18 Å². The van der Waals surface area contributed by atoms with Crippen LogP contribution < -0.4 is 0 Å². The Bertz CT molecular complexity index is 400. The van der Waals surface area contributed by atoms with Gasteiger partial charge in [0.15, 0.2) is 5.78 Å². The van der Waals surface area contributed by atoms with Gasteiger partial charge in [-0.05, 0) is 12.1 Å². The first-order valence-electron chi connectivity index (χ1n) is 4.32. The molecule has 0 saturated carbocycles. The molecule has 0 aliphatic rings. The zero-order valence-electron chi connectivity index (χ0n) is 7.94. The van der Waals surface area contributed by atoms with Crippen molar-refractivity contribution in [3.05, 3.63) is 35.1 Å². The molecule has 0 radical (unpaired) electrons. The molecule has 88 valence electrons. The molecule has 0 atom stereocenters. The van der Waals surface area contributed by atoms with E-state index in [9.17, 15) is 22.4 Å². The van der Waals surface area contributed by atoms with Crippen LogP contribution in [-0.2, 0) is 6.18 Å². The second-order valence-corrected chi connectivity index (χ2v) is 3.85. The number of carbonyl (C=O) groups excluding carboxylic acids is 1. The minimum Gasteiger partial charge on any atom is -0.294 e. The van der Waals surface area contributed by atoms with Gasteiger partial charge in [0.2, 0.25) is 0 Å². The Morgan fingerprint density at radius 3 is 2.38 bits per heavy atom. The summed E-state index contributed by atoms with van der Waals surface area (Å²) in [5, 5.41) is 0.383. The summed E-state index contributed by atoms with van der Waals surface area (Å²) in [6.07, 6.45) is -4.62. The summed E-state index contributed by atoms with van der Waals surface area (Å²) in [7, 11) is 0. The average molecular weight is 299 g/mol. The van der Waals surface area contributed by atoms with Gasteiger partial charge in [-0.1, -0.05) is 22.0 Å². The smallest absolute Gasteiger partial charge is 0.294 e. The second kappa shape index (κ2) is 4.95. The van der Waals surface area contributed by atoms with Gasteiger partial charge in [-0.2, -0.15) is 13.2 Å². The van der Waals surface area contributed by atoms with Crippen molar-refractivity contribution in [3.8, 4) is 0 Å². The number of alkyl halides is 4. The summed E-state index contributed by atoms with van der Waals surface area (Å²) < 4.78 is 49.7. The third-order valence-corrected chi connectivity index (χ3v) is 2.31. The van der Waals surface area contributed by atoms with Crippen molar-refractivity contribution in [3.63, 3.8) is 0 Å². The van der Waals surface area contributed by atoms with Crippen LogP contribution in [0.2, 0.25) is 0 Å². The third-order valence-electron chi connectivity index (χ3n) is 1.92. The Labute approximate surface area is 97.6 Å². The van der Waals surface area contributed by atoms with E-state index in [1.54, 1.807) is 0 Å². The predicted molar refractivity (Wildman–Crippen MR) is 54.1 cm³/mol. The molecule has 1 aromatic carbocycles. The molecule has 0 N–H and O–H groups in total. The number of halogens is 5. The van der Waals surface area contributed by atoms with Crippen molar-refractivity contribution < 1.29 is 22.4 Å². The lowest BCUT2D eigenvalue weighted by Crippen LogP contribution is -2.09. The number of Topliss-reactive ketones (excluding diaryl/α,β-unsaturated/α-hetero) is 1. The lowest BCUT2D eigenvalue weighted by Gasteiger charge is -2.08. The van der Waals surface area contributed by atoms with Crippen LogP contribution in [0.5, 0.6) is 0 Å². The maximum Gasteiger partial charge on any atom is 0.419 e. The summed E-state index contributed by atoms with van der Waals surface area (Å²) in [5.41, 5.74) is -1.41. The molecular weight excluding hydrogens is 292 g/mol. The van der Waals surface area contributed by atoms with Crippen LogP contribution in [-0.4, -0.2) is 11.1 Å². The Balaban J connectivity index is 3.05. The van der Waals surface area contributed by atoms with E-state index in [2.05, 4.69) is 15.9 Å². The van der Waals surface area contributed by atoms with E-state index in [0.29, 0.717) is 17.5 Å². The normalized spacial score (nSPS) is 11.6. The molecule has 0 aromatic heterocycles. The van der Waals surface area contributed by atoms with Crippen LogP contribution in [0.15, 0.2) is 18.2 Å². The zero-order chi connectivity index (χ0) is 12.3. The molecule has 6 heteroatoms. The lowest BCUT2D eigenvalue weighted by molar-refractivity contribution is -0.140. The first-order valence-corrected chi connectivity index (χ1v) is 5.44. The summed E-state index contributed by atoms with van der Waals surface area (Å²) in [5.74, 6) is -1.82. The van der Waals surface area contributed by atoms with Crippen molar-refractivity contribution in [2.45, 2.75) is 12.6 Å². The molecule has 0 bridgehead atoms. The monoisotopic (exact) mass is 298 g/mol. The van der Waals surface area contributed by atoms with E-state index in [-0.39, 0.29) is 12.0 Å². The Morgan fingerprint density at radius 1 is 1.31 bits per heavy atom. The highest BCUT2D eigenvalue weighted by molar-refractivity contribution is 9.09. The molecule has 0 fully saturated rings. The van der Waals surface area contributed by atoms with Crippen molar-refractivity contribution >= 4 is 21.7 Å². The Hall–Kier alpha value is -0.910. The molecular formula is C10H7BrF4O. The highest BCUT2D eigenvalue weighted by atomic mass is 79.9. The van der Waals surface area contributed by atoms with E-state index in [0.717, 1.165) is 6.07 Å². The van der Waals surface area contributed by atoms with Gasteiger partial charge in [0, 0.05) is 17.3 Å². The van der Waals surface area contributed by atoms with Crippen LogP contribution in [0.25, 0.3) is 0 Å². The molecule has 0 spiro atoms. The van der Waals surface area contributed by atoms with Crippen molar-refractivity contribution in [1.82, 2.24) is 0 Å². The summed E-state index contributed by atoms with van der Waals surface area (Å²) >= 11 is 3.02. The average Bonchev–Trinajstić information content (AvgIpc) is 2.16. The van der Waals surface area contributed by atoms with E-state index in [1.165, 1.54) is 0 Å². The minimum atomic E-state index is -4.74. The first-order chi connectivity index (χ1) is 7.36. The highest BCUT2D eigenvalue weighted by Gasteiger charge is 2.34. The largest absolute Gasteiger partial charge is 0.419 e. The van der Waals surface area contributed by atoms with Crippen LogP contribution in [0, 0.1) is 5.82 Å². The minimum absolute atomic E-state index is 0.0510. The molecule has 0 heterocycles. The molecule has 0 saturated heterocycles. The maximum absolute atomic E-state index is 13.1. The fourth-order valence-electron chi connectivity index (χ4n) is 1.15. The fraction of sp³-hybridized carbons (Fsp3) is 0.300. The molecule has 0 unspecified atom stereocenters. The SMILES string of the molecule is O=C(CCBr)c1ccc(C(F)(F)F)c(F)c1. The molecule has 1 nitrogen and oxygen atoms in total. The topological polar surface area (TPSA) is 17.1 Å². The number of ketones is 1. The predicted octanol–water partition coefficient (Wildman–Crippen LogP) is 3.81. The van der Waals surface area contributed by atoms with E-state index < -0.39 is 23.3 Å². The van der Waals surface area contributed by atoms with Gasteiger partial charge in [0.05, 0.1) is 5.56 Å². The van der Waals surface area contributed by atoms with E-state index >= 15 is 0 Å². The van der Waals surface area contributed by atoms with E-state index in [4.69, 9.17) is 0 Å².